The third-order valence-corrected chi connectivity index (χ3v) is 4.90. The lowest BCUT2D eigenvalue weighted by atomic mass is 9.98. The molecule has 2 aliphatic carbocycles. The van der Waals surface area contributed by atoms with Crippen molar-refractivity contribution in [1.29, 1.82) is 0 Å². The molecular formula is C18H26ClN3O2. The molecule has 3 N–H and O–H groups in total. The molecule has 0 unspecified atom stereocenters. The molecule has 3 rings (SSSR count). The van der Waals surface area contributed by atoms with Gasteiger partial charge in [0.2, 0.25) is 11.8 Å². The third kappa shape index (κ3) is 4.28. The van der Waals surface area contributed by atoms with Crippen LogP contribution in [-0.2, 0) is 16.1 Å². The van der Waals surface area contributed by atoms with E-state index in [1.54, 1.807) is 6.92 Å². The maximum absolute atomic E-state index is 12.3. The Morgan fingerprint density at radius 2 is 1.79 bits per heavy atom. The molecule has 5 nitrogen and oxygen atoms in total. The first-order valence-electron chi connectivity index (χ1n) is 8.44. The Bertz CT molecular complexity index is 593. The molecule has 2 aliphatic rings. The number of nitrogens with two attached hydrogens (primary N) is 1. The van der Waals surface area contributed by atoms with Crippen molar-refractivity contribution in [2.24, 2.45) is 5.73 Å². The molecule has 0 heterocycles. The first-order valence-corrected chi connectivity index (χ1v) is 8.44. The van der Waals surface area contributed by atoms with Crippen molar-refractivity contribution in [3.8, 4) is 0 Å². The Labute approximate surface area is 149 Å². The van der Waals surface area contributed by atoms with Gasteiger partial charge in [0.15, 0.2) is 0 Å². The summed E-state index contributed by atoms with van der Waals surface area (Å²) in [5.74, 6) is 0.0299. The predicted molar refractivity (Wildman–Crippen MR) is 97.0 cm³/mol. The molecule has 0 aliphatic heterocycles. The molecule has 2 fully saturated rings. The van der Waals surface area contributed by atoms with E-state index < -0.39 is 5.54 Å². The van der Waals surface area contributed by atoms with Gasteiger partial charge < -0.3 is 16.0 Å². The lowest BCUT2D eigenvalue weighted by Crippen LogP contribution is -2.48. The number of hydrogen-bond donors (Lipinski definition) is 2. The molecule has 0 radical (unpaired) electrons. The summed E-state index contributed by atoms with van der Waals surface area (Å²) in [5.41, 5.74) is 7.29. The van der Waals surface area contributed by atoms with Crippen LogP contribution in [0.2, 0.25) is 0 Å². The van der Waals surface area contributed by atoms with Crippen molar-refractivity contribution in [3.05, 3.63) is 29.8 Å². The average Bonchev–Trinajstić information content (AvgIpc) is 3.26. The lowest BCUT2D eigenvalue weighted by molar-refractivity contribution is -0.130. The van der Waals surface area contributed by atoms with Crippen LogP contribution < -0.4 is 11.1 Å². The summed E-state index contributed by atoms with van der Waals surface area (Å²) >= 11 is 0. The van der Waals surface area contributed by atoms with Gasteiger partial charge in [-0.05, 0) is 43.4 Å². The Morgan fingerprint density at radius 3 is 2.29 bits per heavy atom. The molecule has 0 atom stereocenters. The summed E-state index contributed by atoms with van der Waals surface area (Å²) in [7, 11) is 0. The van der Waals surface area contributed by atoms with Crippen LogP contribution in [0.1, 0.15) is 51.0 Å². The number of anilines is 1. The zero-order chi connectivity index (χ0) is 16.4. The minimum absolute atomic E-state index is 0. The van der Waals surface area contributed by atoms with Crippen LogP contribution in [0, 0.1) is 0 Å². The molecule has 2 saturated carbocycles. The minimum Gasteiger partial charge on any atom is -0.336 e. The van der Waals surface area contributed by atoms with Crippen molar-refractivity contribution >= 4 is 29.9 Å². The lowest BCUT2D eigenvalue weighted by Gasteiger charge is -2.23. The first-order chi connectivity index (χ1) is 11.0. The molecule has 6 heteroatoms. The fraction of sp³-hybridized carbons (Fsp3) is 0.556. The van der Waals surface area contributed by atoms with Crippen molar-refractivity contribution in [2.75, 3.05) is 5.32 Å². The molecule has 0 bridgehead atoms. The van der Waals surface area contributed by atoms with Gasteiger partial charge in [0.1, 0.15) is 0 Å². The highest BCUT2D eigenvalue weighted by Crippen LogP contribution is 2.30. The van der Waals surface area contributed by atoms with E-state index in [2.05, 4.69) is 5.32 Å². The number of nitrogens with zero attached hydrogens (tertiary/aromatic N) is 1. The first kappa shape index (κ1) is 18.7. The topological polar surface area (TPSA) is 75.4 Å². The second-order valence-electron chi connectivity index (χ2n) is 6.89. The van der Waals surface area contributed by atoms with Crippen LogP contribution in [0.4, 0.5) is 5.69 Å². The Morgan fingerprint density at radius 1 is 1.21 bits per heavy atom. The molecule has 24 heavy (non-hydrogen) atoms. The van der Waals surface area contributed by atoms with E-state index in [-0.39, 0.29) is 24.2 Å². The highest BCUT2D eigenvalue weighted by Gasteiger charge is 2.37. The number of carbonyl (C=O) groups excluding carboxylic acids is 2. The van der Waals surface area contributed by atoms with E-state index in [1.165, 1.54) is 0 Å². The van der Waals surface area contributed by atoms with Gasteiger partial charge in [0.25, 0.3) is 0 Å². The zero-order valence-electron chi connectivity index (χ0n) is 14.1. The quantitative estimate of drug-likeness (QED) is 0.856. The van der Waals surface area contributed by atoms with E-state index >= 15 is 0 Å². The maximum Gasteiger partial charge on any atom is 0.244 e. The molecule has 1 aromatic carbocycles. The van der Waals surface area contributed by atoms with Gasteiger partial charge in [0, 0.05) is 25.2 Å². The summed E-state index contributed by atoms with van der Waals surface area (Å²) in [5, 5.41) is 2.92. The summed E-state index contributed by atoms with van der Waals surface area (Å²) in [6.07, 6.45) is 5.76. The fourth-order valence-electron chi connectivity index (χ4n) is 3.26. The van der Waals surface area contributed by atoms with Crippen LogP contribution >= 0.6 is 12.4 Å². The van der Waals surface area contributed by atoms with Crippen molar-refractivity contribution < 1.29 is 9.59 Å². The van der Waals surface area contributed by atoms with E-state index in [0.29, 0.717) is 12.6 Å². The van der Waals surface area contributed by atoms with Crippen molar-refractivity contribution in [2.45, 2.75) is 63.6 Å². The van der Waals surface area contributed by atoms with Crippen LogP contribution in [0.5, 0.6) is 0 Å². The monoisotopic (exact) mass is 351 g/mol. The number of carbonyl (C=O) groups is 2. The standard InChI is InChI=1S/C18H25N3O2.ClH/c1-13(22)21(16-8-9-16)12-14-4-6-15(7-5-14)20-17(23)18(19)10-2-3-11-18;/h4-7,16H,2-3,8-12,19H2,1H3,(H,20,23);1H. The Balaban J connectivity index is 0.00000208. The van der Waals surface area contributed by atoms with Gasteiger partial charge in [0.05, 0.1) is 5.54 Å². The minimum atomic E-state index is -0.712. The summed E-state index contributed by atoms with van der Waals surface area (Å²) in [6, 6.07) is 8.11. The van der Waals surface area contributed by atoms with Gasteiger partial charge in [-0.15, -0.1) is 12.4 Å². The summed E-state index contributed by atoms with van der Waals surface area (Å²) < 4.78 is 0. The smallest absolute Gasteiger partial charge is 0.244 e. The van der Waals surface area contributed by atoms with Gasteiger partial charge in [-0.3, -0.25) is 9.59 Å². The SMILES string of the molecule is CC(=O)N(Cc1ccc(NC(=O)C2(N)CCCC2)cc1)C1CC1.Cl. The second-order valence-corrected chi connectivity index (χ2v) is 6.89. The highest BCUT2D eigenvalue weighted by molar-refractivity contribution is 5.98. The van der Waals surface area contributed by atoms with Crippen LogP contribution in [-0.4, -0.2) is 28.3 Å². The zero-order valence-corrected chi connectivity index (χ0v) is 14.9. The third-order valence-electron chi connectivity index (χ3n) is 4.90. The van der Waals surface area contributed by atoms with Crippen molar-refractivity contribution in [1.82, 2.24) is 4.90 Å². The molecule has 1 aromatic rings. The van der Waals surface area contributed by atoms with Crippen molar-refractivity contribution in [3.63, 3.8) is 0 Å². The van der Waals surface area contributed by atoms with E-state index in [1.807, 2.05) is 29.2 Å². The number of rotatable bonds is 5. The van der Waals surface area contributed by atoms with Gasteiger partial charge in [-0.2, -0.15) is 0 Å². The predicted octanol–water partition coefficient (Wildman–Crippen LogP) is 2.83. The van der Waals surface area contributed by atoms with Crippen LogP contribution in [0.25, 0.3) is 0 Å². The second kappa shape index (κ2) is 7.53. The van der Waals surface area contributed by atoms with Gasteiger partial charge in [-0.1, -0.05) is 25.0 Å². The fourth-order valence-corrected chi connectivity index (χ4v) is 3.26. The van der Waals surface area contributed by atoms with E-state index in [0.717, 1.165) is 49.8 Å². The number of hydrogen-bond acceptors (Lipinski definition) is 3. The molecular weight excluding hydrogens is 326 g/mol. The van der Waals surface area contributed by atoms with E-state index in [9.17, 15) is 9.59 Å². The normalized spacial score (nSPS) is 18.6. The number of nitrogens with one attached hydrogen (secondary N) is 1. The van der Waals surface area contributed by atoms with Gasteiger partial charge in [-0.25, -0.2) is 0 Å². The number of amides is 2. The Hall–Kier alpha value is -1.59. The Kier molecular flexibility index (Phi) is 5.88. The summed E-state index contributed by atoms with van der Waals surface area (Å²) in [6.45, 7) is 2.25. The highest BCUT2D eigenvalue weighted by atomic mass is 35.5. The number of benzene rings is 1. The molecule has 0 aromatic heterocycles. The van der Waals surface area contributed by atoms with Crippen LogP contribution in [0.3, 0.4) is 0 Å². The summed E-state index contributed by atoms with van der Waals surface area (Å²) in [4.78, 5) is 25.9. The maximum atomic E-state index is 12.3. The number of halogens is 1. The molecule has 0 saturated heterocycles. The van der Waals surface area contributed by atoms with E-state index in [4.69, 9.17) is 5.73 Å². The average molecular weight is 352 g/mol. The van der Waals surface area contributed by atoms with Crippen LogP contribution in [0.15, 0.2) is 24.3 Å². The largest absolute Gasteiger partial charge is 0.336 e. The molecule has 2 amide bonds. The van der Waals surface area contributed by atoms with Gasteiger partial charge >= 0.3 is 0 Å². The molecule has 132 valence electrons. The molecule has 0 spiro atoms.